The number of hydrazine groups is 1. The highest BCUT2D eigenvalue weighted by atomic mass is 79.9. The van der Waals surface area contributed by atoms with Gasteiger partial charge in [0, 0.05) is 10.2 Å². The zero-order chi connectivity index (χ0) is 10.7. The van der Waals surface area contributed by atoms with Gasteiger partial charge in [-0.1, -0.05) is 28.1 Å². The van der Waals surface area contributed by atoms with E-state index in [2.05, 4.69) is 27.9 Å². The highest BCUT2D eigenvalue weighted by Crippen LogP contribution is 2.27. The van der Waals surface area contributed by atoms with Gasteiger partial charge in [0.15, 0.2) is 0 Å². The van der Waals surface area contributed by atoms with Crippen LogP contribution in [0, 0.1) is 0 Å². The molecule has 0 aliphatic heterocycles. The third-order valence-electron chi connectivity index (χ3n) is 2.02. The quantitative estimate of drug-likeness (QED) is 0.336. The molecule has 1 atom stereocenters. The number of halogens is 1. The van der Waals surface area contributed by atoms with Crippen molar-refractivity contribution in [3.8, 4) is 0 Å². The van der Waals surface area contributed by atoms with E-state index in [1.807, 2.05) is 25.1 Å². The molecule has 4 heteroatoms. The number of nitrogen functional groups attached to an aromatic ring is 1. The molecule has 0 aliphatic carbocycles. The van der Waals surface area contributed by atoms with Crippen molar-refractivity contribution < 1.29 is 0 Å². The monoisotopic (exact) mass is 255 g/mol. The van der Waals surface area contributed by atoms with Crippen LogP contribution in [0.1, 0.15) is 18.5 Å². The molecule has 0 aromatic heterocycles. The van der Waals surface area contributed by atoms with Gasteiger partial charge in [0.05, 0.1) is 6.04 Å². The van der Waals surface area contributed by atoms with E-state index in [1.54, 1.807) is 0 Å². The van der Waals surface area contributed by atoms with Crippen molar-refractivity contribution in [1.29, 1.82) is 0 Å². The molecule has 76 valence electrons. The second kappa shape index (κ2) is 4.59. The molecule has 0 aliphatic rings. The van der Waals surface area contributed by atoms with E-state index in [0.717, 1.165) is 15.6 Å². The normalized spacial score (nSPS) is 12.5. The Kier molecular flexibility index (Phi) is 3.69. The molecule has 1 aromatic carbocycles. The lowest BCUT2D eigenvalue weighted by atomic mass is 10.0. The van der Waals surface area contributed by atoms with Crippen LogP contribution in [0.4, 0.5) is 5.69 Å². The number of benzene rings is 1. The summed E-state index contributed by atoms with van der Waals surface area (Å²) in [6.45, 7) is 5.77. The van der Waals surface area contributed by atoms with Gasteiger partial charge < -0.3 is 5.73 Å². The molecule has 14 heavy (non-hydrogen) atoms. The fraction of sp³-hybridized carbons (Fsp3) is 0.200. The molecular weight excluding hydrogens is 242 g/mol. The average Bonchev–Trinajstić information content (AvgIpc) is 2.11. The summed E-state index contributed by atoms with van der Waals surface area (Å²) in [6.07, 6.45) is 0. The second-order valence-corrected chi connectivity index (χ2v) is 4.13. The van der Waals surface area contributed by atoms with Crippen molar-refractivity contribution in [2.75, 3.05) is 5.73 Å². The zero-order valence-electron chi connectivity index (χ0n) is 8.05. The topological polar surface area (TPSA) is 64.1 Å². The predicted molar refractivity (Wildman–Crippen MR) is 63.4 cm³/mol. The maximum Gasteiger partial charge on any atom is 0.0685 e. The minimum Gasteiger partial charge on any atom is -0.398 e. The molecule has 5 N–H and O–H groups in total. The van der Waals surface area contributed by atoms with Crippen LogP contribution in [0.2, 0.25) is 0 Å². The van der Waals surface area contributed by atoms with Gasteiger partial charge in [0.2, 0.25) is 0 Å². The molecule has 0 fully saturated rings. The Balaban J connectivity index is 3.15. The third kappa shape index (κ3) is 2.35. The summed E-state index contributed by atoms with van der Waals surface area (Å²) < 4.78 is 0.975. The Labute approximate surface area is 92.3 Å². The van der Waals surface area contributed by atoms with Crippen molar-refractivity contribution in [3.63, 3.8) is 0 Å². The molecular formula is C10H14BrN3. The number of nitrogens with two attached hydrogens (primary N) is 2. The lowest BCUT2D eigenvalue weighted by Gasteiger charge is -2.18. The van der Waals surface area contributed by atoms with E-state index in [-0.39, 0.29) is 6.04 Å². The van der Waals surface area contributed by atoms with E-state index < -0.39 is 0 Å². The Morgan fingerprint density at radius 3 is 2.71 bits per heavy atom. The summed E-state index contributed by atoms with van der Waals surface area (Å²) in [5.41, 5.74) is 11.1. The summed E-state index contributed by atoms with van der Waals surface area (Å²) in [7, 11) is 0. The zero-order valence-corrected chi connectivity index (χ0v) is 9.64. The molecule has 0 saturated heterocycles. The van der Waals surface area contributed by atoms with Crippen LogP contribution in [0.25, 0.3) is 0 Å². The molecule has 0 amide bonds. The lowest BCUT2D eigenvalue weighted by Crippen LogP contribution is -2.29. The average molecular weight is 256 g/mol. The van der Waals surface area contributed by atoms with E-state index in [9.17, 15) is 0 Å². The molecule has 0 spiro atoms. The van der Waals surface area contributed by atoms with Crippen LogP contribution in [0.15, 0.2) is 34.8 Å². The van der Waals surface area contributed by atoms with Gasteiger partial charge >= 0.3 is 0 Å². The summed E-state index contributed by atoms with van der Waals surface area (Å²) in [6, 6.07) is 5.57. The SMILES string of the molecule is C=C(C)C(NN)c1cc(Br)ccc1N. The Hall–Kier alpha value is -0.840. The van der Waals surface area contributed by atoms with E-state index in [0.29, 0.717) is 5.69 Å². The fourth-order valence-corrected chi connectivity index (χ4v) is 1.67. The van der Waals surface area contributed by atoms with Crippen molar-refractivity contribution in [2.45, 2.75) is 13.0 Å². The molecule has 0 radical (unpaired) electrons. The summed E-state index contributed by atoms with van der Waals surface area (Å²) in [5, 5.41) is 0. The fourth-order valence-electron chi connectivity index (χ4n) is 1.29. The molecule has 0 heterocycles. The first-order valence-electron chi connectivity index (χ1n) is 4.22. The highest BCUT2D eigenvalue weighted by molar-refractivity contribution is 9.10. The standard InChI is InChI=1S/C10H14BrN3/c1-6(2)10(14-13)8-5-7(11)3-4-9(8)12/h3-5,10,14H,1,12-13H2,2H3. The van der Waals surface area contributed by atoms with Gasteiger partial charge in [0.1, 0.15) is 0 Å². The van der Waals surface area contributed by atoms with Gasteiger partial charge in [-0.05, 0) is 30.7 Å². The Bertz CT molecular complexity index is 349. The smallest absolute Gasteiger partial charge is 0.0685 e. The first-order valence-corrected chi connectivity index (χ1v) is 5.02. The largest absolute Gasteiger partial charge is 0.398 e. The van der Waals surface area contributed by atoms with E-state index >= 15 is 0 Å². The number of hydrogen-bond acceptors (Lipinski definition) is 3. The van der Waals surface area contributed by atoms with Crippen molar-refractivity contribution in [3.05, 3.63) is 40.4 Å². The van der Waals surface area contributed by atoms with Crippen LogP contribution < -0.4 is 17.0 Å². The number of anilines is 1. The van der Waals surface area contributed by atoms with Crippen molar-refractivity contribution in [2.24, 2.45) is 5.84 Å². The second-order valence-electron chi connectivity index (χ2n) is 3.22. The Morgan fingerprint density at radius 1 is 1.57 bits per heavy atom. The van der Waals surface area contributed by atoms with Crippen LogP contribution >= 0.6 is 15.9 Å². The minimum atomic E-state index is -0.104. The predicted octanol–water partition coefficient (Wildman–Crippen LogP) is 2.11. The number of nitrogens with one attached hydrogen (secondary N) is 1. The third-order valence-corrected chi connectivity index (χ3v) is 2.51. The first-order chi connectivity index (χ1) is 6.56. The molecule has 1 unspecified atom stereocenters. The van der Waals surface area contributed by atoms with Gasteiger partial charge in [0.25, 0.3) is 0 Å². The molecule has 1 aromatic rings. The van der Waals surface area contributed by atoms with Gasteiger partial charge in [-0.3, -0.25) is 5.84 Å². The lowest BCUT2D eigenvalue weighted by molar-refractivity contribution is 0.628. The van der Waals surface area contributed by atoms with Crippen molar-refractivity contribution in [1.82, 2.24) is 5.43 Å². The molecule has 0 bridgehead atoms. The first kappa shape index (κ1) is 11.2. The summed E-state index contributed by atoms with van der Waals surface area (Å²) in [5.74, 6) is 5.44. The number of rotatable bonds is 3. The van der Waals surface area contributed by atoms with Gasteiger partial charge in [-0.25, -0.2) is 5.43 Å². The maximum atomic E-state index is 5.85. The Morgan fingerprint density at radius 2 is 2.21 bits per heavy atom. The summed E-state index contributed by atoms with van der Waals surface area (Å²) in [4.78, 5) is 0. The van der Waals surface area contributed by atoms with Crippen LogP contribution in [-0.2, 0) is 0 Å². The van der Waals surface area contributed by atoms with E-state index in [4.69, 9.17) is 11.6 Å². The minimum absolute atomic E-state index is 0.104. The van der Waals surface area contributed by atoms with Crippen LogP contribution in [0.5, 0.6) is 0 Å². The summed E-state index contributed by atoms with van der Waals surface area (Å²) >= 11 is 3.39. The van der Waals surface area contributed by atoms with Crippen molar-refractivity contribution >= 4 is 21.6 Å². The maximum absolute atomic E-state index is 5.85. The number of hydrogen-bond donors (Lipinski definition) is 3. The van der Waals surface area contributed by atoms with Gasteiger partial charge in [-0.2, -0.15) is 0 Å². The highest BCUT2D eigenvalue weighted by Gasteiger charge is 2.13. The van der Waals surface area contributed by atoms with Crippen LogP contribution in [-0.4, -0.2) is 0 Å². The van der Waals surface area contributed by atoms with Crippen LogP contribution in [0.3, 0.4) is 0 Å². The molecule has 3 nitrogen and oxygen atoms in total. The van der Waals surface area contributed by atoms with E-state index in [1.165, 1.54) is 0 Å². The van der Waals surface area contributed by atoms with Gasteiger partial charge in [-0.15, -0.1) is 0 Å². The molecule has 0 saturated carbocycles. The molecule has 1 rings (SSSR count).